The standard InChI is InChI=1S/C15H34N2/c1-6-12-16-15(8-3)11-10-13-17(9-4)14(5)7-2/h14-16H,6-13H2,1-5H3. The molecule has 0 spiro atoms. The molecule has 2 nitrogen and oxygen atoms in total. The molecule has 0 rings (SSSR count). The molecule has 0 radical (unpaired) electrons. The van der Waals surface area contributed by atoms with Gasteiger partial charge < -0.3 is 10.2 Å². The molecule has 0 aliphatic rings. The van der Waals surface area contributed by atoms with E-state index in [1.54, 1.807) is 0 Å². The molecular weight excluding hydrogens is 208 g/mol. The van der Waals surface area contributed by atoms with Crippen molar-refractivity contribution in [3.8, 4) is 0 Å². The van der Waals surface area contributed by atoms with Crippen molar-refractivity contribution in [1.29, 1.82) is 0 Å². The normalized spacial score (nSPS) is 15.2. The van der Waals surface area contributed by atoms with E-state index in [2.05, 4.69) is 44.8 Å². The summed E-state index contributed by atoms with van der Waals surface area (Å²) >= 11 is 0. The second-order valence-corrected chi connectivity index (χ2v) is 5.09. The van der Waals surface area contributed by atoms with Gasteiger partial charge in [0.05, 0.1) is 0 Å². The van der Waals surface area contributed by atoms with Gasteiger partial charge in [-0.1, -0.05) is 27.7 Å². The van der Waals surface area contributed by atoms with E-state index in [0.717, 1.165) is 12.1 Å². The van der Waals surface area contributed by atoms with E-state index in [0.29, 0.717) is 0 Å². The highest BCUT2D eigenvalue weighted by Crippen LogP contribution is 2.08. The Hall–Kier alpha value is -0.0800. The van der Waals surface area contributed by atoms with Gasteiger partial charge in [-0.2, -0.15) is 0 Å². The van der Waals surface area contributed by atoms with Crippen molar-refractivity contribution >= 4 is 0 Å². The van der Waals surface area contributed by atoms with Crippen LogP contribution >= 0.6 is 0 Å². The summed E-state index contributed by atoms with van der Waals surface area (Å²) in [6.07, 6.45) is 6.41. The highest BCUT2D eigenvalue weighted by molar-refractivity contribution is 4.68. The van der Waals surface area contributed by atoms with Crippen LogP contribution in [0.2, 0.25) is 0 Å². The van der Waals surface area contributed by atoms with Gasteiger partial charge in [0, 0.05) is 12.1 Å². The first kappa shape index (κ1) is 16.9. The minimum atomic E-state index is 0.727. The molecule has 0 fully saturated rings. The van der Waals surface area contributed by atoms with E-state index in [1.165, 1.54) is 51.7 Å². The second-order valence-electron chi connectivity index (χ2n) is 5.09. The number of rotatable bonds is 11. The van der Waals surface area contributed by atoms with Crippen molar-refractivity contribution in [2.24, 2.45) is 0 Å². The van der Waals surface area contributed by atoms with E-state index in [-0.39, 0.29) is 0 Å². The lowest BCUT2D eigenvalue weighted by Gasteiger charge is -2.27. The molecule has 0 heterocycles. The molecule has 0 aliphatic heterocycles. The van der Waals surface area contributed by atoms with Gasteiger partial charge in [-0.15, -0.1) is 0 Å². The maximum absolute atomic E-state index is 3.64. The third kappa shape index (κ3) is 7.77. The first-order valence-corrected chi connectivity index (χ1v) is 7.66. The molecule has 104 valence electrons. The largest absolute Gasteiger partial charge is 0.314 e. The fraction of sp³-hybridized carbons (Fsp3) is 1.00. The average molecular weight is 242 g/mol. The third-order valence-corrected chi connectivity index (χ3v) is 3.79. The monoisotopic (exact) mass is 242 g/mol. The lowest BCUT2D eigenvalue weighted by atomic mass is 10.1. The molecule has 1 N–H and O–H groups in total. The molecule has 2 unspecified atom stereocenters. The Morgan fingerprint density at radius 1 is 1.06 bits per heavy atom. The zero-order chi connectivity index (χ0) is 13.1. The molecular formula is C15H34N2. The summed E-state index contributed by atoms with van der Waals surface area (Å²) in [4.78, 5) is 2.60. The number of hydrogen-bond acceptors (Lipinski definition) is 2. The Morgan fingerprint density at radius 3 is 2.24 bits per heavy atom. The van der Waals surface area contributed by atoms with Crippen molar-refractivity contribution in [1.82, 2.24) is 10.2 Å². The molecule has 0 aromatic carbocycles. The van der Waals surface area contributed by atoms with Crippen LogP contribution in [-0.2, 0) is 0 Å². The maximum Gasteiger partial charge on any atom is 0.00649 e. The summed E-state index contributed by atoms with van der Waals surface area (Å²) in [5.41, 5.74) is 0. The van der Waals surface area contributed by atoms with Crippen LogP contribution in [0.5, 0.6) is 0 Å². The Labute approximate surface area is 109 Å². The van der Waals surface area contributed by atoms with Crippen LogP contribution in [0.4, 0.5) is 0 Å². The number of nitrogens with one attached hydrogen (secondary N) is 1. The van der Waals surface area contributed by atoms with Crippen LogP contribution < -0.4 is 5.32 Å². The van der Waals surface area contributed by atoms with E-state index in [9.17, 15) is 0 Å². The van der Waals surface area contributed by atoms with Crippen LogP contribution in [0.3, 0.4) is 0 Å². The van der Waals surface area contributed by atoms with E-state index >= 15 is 0 Å². The predicted octanol–water partition coefficient (Wildman–Crippen LogP) is 3.67. The molecule has 0 saturated carbocycles. The molecule has 0 aromatic heterocycles. The fourth-order valence-electron chi connectivity index (χ4n) is 2.29. The molecule has 0 bridgehead atoms. The van der Waals surface area contributed by atoms with E-state index < -0.39 is 0 Å². The highest BCUT2D eigenvalue weighted by atomic mass is 15.1. The maximum atomic E-state index is 3.64. The molecule has 0 aliphatic carbocycles. The van der Waals surface area contributed by atoms with Crippen molar-refractivity contribution in [2.45, 2.75) is 78.8 Å². The van der Waals surface area contributed by atoms with Crippen molar-refractivity contribution < 1.29 is 0 Å². The van der Waals surface area contributed by atoms with Crippen LogP contribution in [0.1, 0.15) is 66.7 Å². The van der Waals surface area contributed by atoms with E-state index in [1.807, 2.05) is 0 Å². The van der Waals surface area contributed by atoms with Gasteiger partial charge in [0.15, 0.2) is 0 Å². The fourth-order valence-corrected chi connectivity index (χ4v) is 2.29. The van der Waals surface area contributed by atoms with Gasteiger partial charge >= 0.3 is 0 Å². The van der Waals surface area contributed by atoms with Gasteiger partial charge in [-0.3, -0.25) is 0 Å². The summed E-state index contributed by atoms with van der Waals surface area (Å²) in [5, 5.41) is 3.64. The second kappa shape index (κ2) is 11.0. The van der Waals surface area contributed by atoms with Gasteiger partial charge in [-0.05, 0) is 58.7 Å². The topological polar surface area (TPSA) is 15.3 Å². The minimum Gasteiger partial charge on any atom is -0.314 e. The third-order valence-electron chi connectivity index (χ3n) is 3.79. The van der Waals surface area contributed by atoms with Crippen LogP contribution in [0.15, 0.2) is 0 Å². The summed E-state index contributed by atoms with van der Waals surface area (Å²) < 4.78 is 0. The zero-order valence-corrected chi connectivity index (χ0v) is 12.8. The molecule has 2 atom stereocenters. The molecule has 0 amide bonds. The van der Waals surface area contributed by atoms with E-state index in [4.69, 9.17) is 0 Å². The summed E-state index contributed by atoms with van der Waals surface area (Å²) in [5.74, 6) is 0. The van der Waals surface area contributed by atoms with Crippen LogP contribution in [-0.4, -0.2) is 36.6 Å². The molecule has 0 saturated heterocycles. The van der Waals surface area contributed by atoms with Gasteiger partial charge in [-0.25, -0.2) is 0 Å². The summed E-state index contributed by atoms with van der Waals surface area (Å²) in [7, 11) is 0. The van der Waals surface area contributed by atoms with Crippen LogP contribution in [0.25, 0.3) is 0 Å². The number of nitrogens with zero attached hydrogens (tertiary/aromatic N) is 1. The van der Waals surface area contributed by atoms with Crippen molar-refractivity contribution in [3.05, 3.63) is 0 Å². The molecule has 0 aromatic rings. The smallest absolute Gasteiger partial charge is 0.00649 e. The Kier molecular flexibility index (Phi) is 11.0. The molecule has 2 heteroatoms. The summed E-state index contributed by atoms with van der Waals surface area (Å²) in [6, 6.07) is 1.47. The van der Waals surface area contributed by atoms with Crippen molar-refractivity contribution in [3.63, 3.8) is 0 Å². The Morgan fingerprint density at radius 2 is 1.76 bits per heavy atom. The molecule has 17 heavy (non-hydrogen) atoms. The SMILES string of the molecule is CCCNC(CC)CCCN(CC)C(C)CC. The van der Waals surface area contributed by atoms with Crippen LogP contribution in [0, 0.1) is 0 Å². The Bertz CT molecular complexity index is 159. The lowest BCUT2D eigenvalue weighted by Crippen LogP contribution is -2.35. The quantitative estimate of drug-likeness (QED) is 0.595. The average Bonchev–Trinajstić information content (AvgIpc) is 2.37. The highest BCUT2D eigenvalue weighted by Gasteiger charge is 2.10. The first-order chi connectivity index (χ1) is 8.19. The van der Waals surface area contributed by atoms with Gasteiger partial charge in [0.2, 0.25) is 0 Å². The van der Waals surface area contributed by atoms with Gasteiger partial charge in [0.1, 0.15) is 0 Å². The lowest BCUT2D eigenvalue weighted by molar-refractivity contribution is 0.207. The minimum absolute atomic E-state index is 0.727. The zero-order valence-electron chi connectivity index (χ0n) is 12.8. The Balaban J connectivity index is 3.77. The van der Waals surface area contributed by atoms with Crippen molar-refractivity contribution in [2.75, 3.05) is 19.6 Å². The number of hydrogen-bond donors (Lipinski definition) is 1. The first-order valence-electron chi connectivity index (χ1n) is 7.66. The summed E-state index contributed by atoms with van der Waals surface area (Å²) in [6.45, 7) is 15.0. The predicted molar refractivity (Wildman–Crippen MR) is 78.6 cm³/mol. The van der Waals surface area contributed by atoms with Gasteiger partial charge in [0.25, 0.3) is 0 Å².